The summed E-state index contributed by atoms with van der Waals surface area (Å²) in [5, 5.41) is 0. The Morgan fingerprint density at radius 1 is 0.850 bits per heavy atom. The highest BCUT2D eigenvalue weighted by Crippen LogP contribution is 2.74. The molecule has 4 aliphatic carbocycles. The minimum absolute atomic E-state index is 0.0119. The van der Waals surface area contributed by atoms with Crippen molar-refractivity contribution in [2.45, 2.75) is 76.3 Å². The molecule has 0 radical (unpaired) electrons. The first-order chi connectivity index (χ1) is 19.2. The third-order valence-corrected chi connectivity index (χ3v) is 11.5. The van der Waals surface area contributed by atoms with Crippen molar-refractivity contribution in [3.63, 3.8) is 0 Å². The number of esters is 2. The van der Waals surface area contributed by atoms with E-state index in [0.717, 1.165) is 49.7 Å². The molecule has 4 unspecified atom stereocenters. The Bertz CT molecular complexity index is 1380. The quantitative estimate of drug-likeness (QED) is 0.312. The third kappa shape index (κ3) is 3.56. The fraction of sp³-hybridized carbons (Fsp3) is 0.486. The van der Waals surface area contributed by atoms with Gasteiger partial charge in [-0.1, -0.05) is 63.4 Å². The summed E-state index contributed by atoms with van der Waals surface area (Å²) in [6.45, 7) is 13.6. The summed E-state index contributed by atoms with van der Waals surface area (Å²) in [5.74, 6) is 0.537. The SMILES string of the molecule is C=C1C(=C)[C@H]2[C@@H]3CC4OC45CC(OC(=O)c4ccccc4)CC[C@]5(C)[C@@H]3CC[C@]2(C)C1OC(=O)c1ccccc1. The molecule has 208 valence electrons. The second-order valence-corrected chi connectivity index (χ2v) is 13.3. The molecule has 0 N–H and O–H groups in total. The molecule has 2 aromatic rings. The molecule has 40 heavy (non-hydrogen) atoms. The molecule has 5 nitrogen and oxygen atoms in total. The highest BCUT2D eigenvalue weighted by atomic mass is 16.6. The van der Waals surface area contributed by atoms with Crippen molar-refractivity contribution in [1.82, 2.24) is 0 Å². The molecule has 4 saturated carbocycles. The Balaban J connectivity index is 1.11. The van der Waals surface area contributed by atoms with Crippen LogP contribution in [0.15, 0.2) is 85.0 Å². The molecular weight excluding hydrogens is 500 g/mol. The van der Waals surface area contributed by atoms with E-state index in [1.54, 1.807) is 24.3 Å². The van der Waals surface area contributed by atoms with Crippen LogP contribution >= 0.6 is 0 Å². The van der Waals surface area contributed by atoms with Crippen molar-refractivity contribution < 1.29 is 23.8 Å². The summed E-state index contributed by atoms with van der Waals surface area (Å²) in [4.78, 5) is 25.9. The van der Waals surface area contributed by atoms with E-state index >= 15 is 0 Å². The zero-order valence-corrected chi connectivity index (χ0v) is 23.4. The van der Waals surface area contributed by atoms with Gasteiger partial charge in [0.05, 0.1) is 17.2 Å². The maximum atomic E-state index is 13.1. The molecule has 5 aliphatic rings. The molecule has 9 atom stereocenters. The fourth-order valence-electron chi connectivity index (χ4n) is 9.45. The van der Waals surface area contributed by atoms with E-state index in [4.69, 9.17) is 14.2 Å². The monoisotopic (exact) mass is 538 g/mol. The van der Waals surface area contributed by atoms with E-state index in [9.17, 15) is 9.59 Å². The minimum Gasteiger partial charge on any atom is -0.459 e. The third-order valence-electron chi connectivity index (χ3n) is 11.5. The molecule has 5 heteroatoms. The summed E-state index contributed by atoms with van der Waals surface area (Å²) in [6.07, 6.45) is 5.22. The number of carbonyl (C=O) groups is 2. The summed E-state index contributed by atoms with van der Waals surface area (Å²) in [5.41, 5.74) is 2.63. The Kier molecular flexibility index (Phi) is 5.74. The smallest absolute Gasteiger partial charge is 0.338 e. The molecule has 1 heterocycles. The number of hydrogen-bond donors (Lipinski definition) is 0. The van der Waals surface area contributed by atoms with Gasteiger partial charge < -0.3 is 14.2 Å². The lowest BCUT2D eigenvalue weighted by Gasteiger charge is -2.58. The Hall–Kier alpha value is -3.18. The van der Waals surface area contributed by atoms with E-state index in [-0.39, 0.29) is 52.6 Å². The molecular formula is C35H38O5. The number of benzene rings is 2. The second kappa shape index (κ2) is 8.91. The van der Waals surface area contributed by atoms with Crippen molar-refractivity contribution in [2.24, 2.45) is 28.6 Å². The molecule has 0 aromatic heterocycles. The topological polar surface area (TPSA) is 65.1 Å². The van der Waals surface area contributed by atoms with Crippen LogP contribution in [0.1, 0.15) is 73.1 Å². The van der Waals surface area contributed by atoms with Gasteiger partial charge in [0.15, 0.2) is 0 Å². The van der Waals surface area contributed by atoms with Crippen molar-refractivity contribution in [1.29, 1.82) is 0 Å². The summed E-state index contributed by atoms with van der Waals surface area (Å²) in [6, 6.07) is 18.5. The van der Waals surface area contributed by atoms with Crippen LogP contribution in [-0.4, -0.2) is 35.9 Å². The number of epoxide rings is 1. The van der Waals surface area contributed by atoms with Gasteiger partial charge in [-0.2, -0.15) is 0 Å². The van der Waals surface area contributed by atoms with Crippen LogP contribution in [0.5, 0.6) is 0 Å². The Morgan fingerprint density at radius 2 is 1.48 bits per heavy atom. The van der Waals surface area contributed by atoms with Gasteiger partial charge in [0.25, 0.3) is 0 Å². The van der Waals surface area contributed by atoms with Gasteiger partial charge in [0.1, 0.15) is 17.8 Å². The molecule has 0 amide bonds. The van der Waals surface area contributed by atoms with Crippen LogP contribution in [-0.2, 0) is 14.2 Å². The lowest BCUT2D eigenvalue weighted by Crippen LogP contribution is -2.59. The number of hydrogen-bond acceptors (Lipinski definition) is 5. The molecule has 0 bridgehead atoms. The van der Waals surface area contributed by atoms with Crippen LogP contribution in [0.3, 0.4) is 0 Å². The lowest BCUT2D eigenvalue weighted by atomic mass is 9.44. The van der Waals surface area contributed by atoms with E-state index in [0.29, 0.717) is 23.0 Å². The molecule has 2 aromatic carbocycles. The van der Waals surface area contributed by atoms with Crippen molar-refractivity contribution in [3.8, 4) is 0 Å². The van der Waals surface area contributed by atoms with Gasteiger partial charge in [0.2, 0.25) is 0 Å². The summed E-state index contributed by atoms with van der Waals surface area (Å²) < 4.78 is 18.9. The Morgan fingerprint density at radius 3 is 2.12 bits per heavy atom. The van der Waals surface area contributed by atoms with E-state index in [1.165, 1.54) is 0 Å². The molecule has 5 fully saturated rings. The molecule has 1 aliphatic heterocycles. The first-order valence-electron chi connectivity index (χ1n) is 14.8. The second-order valence-electron chi connectivity index (χ2n) is 13.3. The minimum atomic E-state index is -0.369. The van der Waals surface area contributed by atoms with Gasteiger partial charge in [-0.3, -0.25) is 0 Å². The zero-order valence-electron chi connectivity index (χ0n) is 23.4. The van der Waals surface area contributed by atoms with Crippen molar-refractivity contribution in [2.75, 3.05) is 0 Å². The predicted molar refractivity (Wildman–Crippen MR) is 152 cm³/mol. The van der Waals surface area contributed by atoms with Crippen LogP contribution < -0.4 is 0 Å². The highest BCUT2D eigenvalue weighted by Gasteiger charge is 2.77. The summed E-state index contributed by atoms with van der Waals surface area (Å²) in [7, 11) is 0. The average molecular weight is 539 g/mol. The normalized spacial score (nSPS) is 41.1. The lowest BCUT2D eigenvalue weighted by molar-refractivity contribution is -0.118. The fourth-order valence-corrected chi connectivity index (χ4v) is 9.45. The van der Waals surface area contributed by atoms with Gasteiger partial charge >= 0.3 is 11.9 Å². The van der Waals surface area contributed by atoms with Crippen LogP contribution in [0.25, 0.3) is 0 Å². The van der Waals surface area contributed by atoms with Gasteiger partial charge in [0, 0.05) is 17.3 Å². The maximum absolute atomic E-state index is 13.1. The molecule has 1 saturated heterocycles. The molecule has 1 spiro atoms. The highest BCUT2D eigenvalue weighted by molar-refractivity contribution is 5.90. The van der Waals surface area contributed by atoms with Gasteiger partial charge in [-0.25, -0.2) is 9.59 Å². The van der Waals surface area contributed by atoms with Crippen molar-refractivity contribution in [3.05, 3.63) is 96.1 Å². The van der Waals surface area contributed by atoms with E-state index in [1.807, 2.05) is 36.4 Å². The predicted octanol–water partition coefficient (Wildman–Crippen LogP) is 6.94. The number of ether oxygens (including phenoxy) is 3. The first kappa shape index (κ1) is 25.8. The Labute approximate surface area is 236 Å². The van der Waals surface area contributed by atoms with Crippen molar-refractivity contribution >= 4 is 11.9 Å². The number of rotatable bonds is 4. The average Bonchev–Trinajstić information content (AvgIpc) is 3.63. The van der Waals surface area contributed by atoms with Crippen LogP contribution in [0.4, 0.5) is 0 Å². The van der Waals surface area contributed by atoms with Crippen LogP contribution in [0, 0.1) is 28.6 Å². The van der Waals surface area contributed by atoms with E-state index in [2.05, 4.69) is 27.0 Å². The van der Waals surface area contributed by atoms with Crippen LogP contribution in [0.2, 0.25) is 0 Å². The zero-order chi connectivity index (χ0) is 27.9. The largest absolute Gasteiger partial charge is 0.459 e. The van der Waals surface area contributed by atoms with Gasteiger partial charge in [-0.05, 0) is 85.3 Å². The van der Waals surface area contributed by atoms with E-state index < -0.39 is 0 Å². The number of fused-ring (bicyclic) bond motifs is 4. The van der Waals surface area contributed by atoms with Gasteiger partial charge in [-0.15, -0.1) is 0 Å². The summed E-state index contributed by atoms with van der Waals surface area (Å²) >= 11 is 0. The maximum Gasteiger partial charge on any atom is 0.338 e. The standard InChI is InChI=1S/C35H38O5/c1-21-22(2)30(39-32(37)24-13-9-6-10-14-24)33(3)17-16-27-26(29(21)33)19-28-35(40-28)20-25(15-18-34(27,35)4)38-31(36)23-11-7-5-8-12-23/h5-14,25-30H,1-2,15-20H2,3-4H3/t25?,26-,27-,28?,29+,30?,33+,34-,35?/m1/s1. The first-order valence-corrected chi connectivity index (χ1v) is 14.8. The molecule has 7 rings (SSSR count). The number of carbonyl (C=O) groups excluding carboxylic acids is 2.